The van der Waals surface area contributed by atoms with Crippen LogP contribution in [0, 0.1) is 0 Å². The Hall–Kier alpha value is -0.460. The Bertz CT molecular complexity index is 222. The van der Waals surface area contributed by atoms with Crippen molar-refractivity contribution in [2.24, 2.45) is 0 Å². The molecule has 0 aromatic rings. The van der Waals surface area contributed by atoms with Gasteiger partial charge in [-0.2, -0.15) is 0 Å². The van der Waals surface area contributed by atoms with Crippen molar-refractivity contribution in [2.45, 2.75) is 13.0 Å². The lowest BCUT2D eigenvalue weighted by Gasteiger charge is -2.30. The van der Waals surface area contributed by atoms with Crippen LogP contribution in [0.25, 0.3) is 0 Å². The van der Waals surface area contributed by atoms with E-state index in [0.717, 1.165) is 6.92 Å². The highest BCUT2D eigenvalue weighted by molar-refractivity contribution is 7.48. The third-order valence-corrected chi connectivity index (χ3v) is 1.61. The third kappa shape index (κ3) is 8.15. The zero-order valence-corrected chi connectivity index (χ0v) is 8.44. The molecule has 0 rings (SSSR count). The van der Waals surface area contributed by atoms with Crippen molar-refractivity contribution in [3.05, 3.63) is 0 Å². The molecular formula is C6H11O7P-2. The minimum atomic E-state index is -4.75. The molecule has 0 aliphatic rings. The number of rotatable bonds is 6. The number of esters is 1. The molecule has 0 aliphatic heterocycles. The first kappa shape index (κ1) is 13.5. The van der Waals surface area contributed by atoms with Gasteiger partial charge in [0.05, 0.1) is 13.0 Å². The number of carbonyl (C=O) groups is 1. The summed E-state index contributed by atoms with van der Waals surface area (Å²) in [5.74, 6) is -0.584. The summed E-state index contributed by atoms with van der Waals surface area (Å²) in [6, 6.07) is 0. The van der Waals surface area contributed by atoms with E-state index in [4.69, 9.17) is 5.11 Å². The van der Waals surface area contributed by atoms with Crippen molar-refractivity contribution >= 4 is 13.6 Å². The molecule has 0 aliphatic carbocycles. The van der Waals surface area contributed by atoms with Gasteiger partial charge in [0.1, 0.15) is 12.7 Å². The van der Waals surface area contributed by atoms with Crippen LogP contribution in [0.5, 0.6) is 0 Å². The van der Waals surface area contributed by atoms with Gasteiger partial charge in [-0.3, -0.25) is 4.79 Å². The van der Waals surface area contributed by atoms with E-state index in [0.29, 0.717) is 0 Å². The second-order valence-electron chi connectivity index (χ2n) is 2.51. The average molecular weight is 226 g/mol. The minimum absolute atomic E-state index is 0.286. The van der Waals surface area contributed by atoms with Gasteiger partial charge in [-0.1, -0.05) is 0 Å². The summed E-state index contributed by atoms with van der Waals surface area (Å²) in [5, 5.41) is 8.63. The Morgan fingerprint density at radius 1 is 1.57 bits per heavy atom. The summed E-state index contributed by atoms with van der Waals surface area (Å²) in [4.78, 5) is 30.6. The number of hydrogen-bond donors (Lipinski definition) is 1. The lowest BCUT2D eigenvalue weighted by Crippen LogP contribution is -2.28. The molecule has 0 saturated carbocycles. The largest absolute Gasteiger partial charge is 0.809 e. The quantitative estimate of drug-likeness (QED) is 0.403. The Balaban J connectivity index is 3.80. The molecule has 14 heavy (non-hydrogen) atoms. The number of aliphatic hydroxyl groups excluding tert-OH is 1. The normalized spacial score (nSPS) is 13.7. The molecule has 1 unspecified atom stereocenters. The first-order chi connectivity index (χ1) is 6.35. The highest BCUT2D eigenvalue weighted by Crippen LogP contribution is 2.22. The number of aliphatic hydroxyl groups is 1. The maximum absolute atomic E-state index is 10.3. The van der Waals surface area contributed by atoms with Crippen LogP contribution in [-0.4, -0.2) is 36.7 Å². The van der Waals surface area contributed by atoms with Crippen molar-refractivity contribution in [3.8, 4) is 0 Å². The monoisotopic (exact) mass is 226 g/mol. The Morgan fingerprint density at radius 2 is 2.14 bits per heavy atom. The number of hydrogen-bond acceptors (Lipinski definition) is 7. The standard InChI is InChI=1S/C6H13O7P/c1-5(8)12-3-6(2-7)13-4-14(9,10)11/h6-7H,2-4H2,1H3,(H2,9,10,11)/p-2. The van der Waals surface area contributed by atoms with Crippen LogP contribution in [0.2, 0.25) is 0 Å². The predicted molar refractivity (Wildman–Crippen MR) is 41.1 cm³/mol. The molecule has 0 amide bonds. The zero-order valence-electron chi connectivity index (χ0n) is 7.54. The fraction of sp³-hybridized carbons (Fsp3) is 0.833. The fourth-order valence-corrected chi connectivity index (χ4v) is 0.954. The van der Waals surface area contributed by atoms with Crippen molar-refractivity contribution in [1.82, 2.24) is 0 Å². The topological polar surface area (TPSA) is 119 Å². The summed E-state index contributed by atoms with van der Waals surface area (Å²) >= 11 is 0. The van der Waals surface area contributed by atoms with E-state index in [-0.39, 0.29) is 6.61 Å². The van der Waals surface area contributed by atoms with Gasteiger partial charge in [0.2, 0.25) is 0 Å². The molecule has 8 heteroatoms. The Labute approximate surface area is 80.8 Å². The second kappa shape index (κ2) is 6.10. The minimum Gasteiger partial charge on any atom is -0.809 e. The lowest BCUT2D eigenvalue weighted by atomic mass is 10.4. The van der Waals surface area contributed by atoms with Crippen molar-refractivity contribution in [3.63, 3.8) is 0 Å². The smallest absolute Gasteiger partial charge is 0.302 e. The van der Waals surface area contributed by atoms with Gasteiger partial charge >= 0.3 is 5.97 Å². The van der Waals surface area contributed by atoms with Gasteiger partial charge in [0.25, 0.3) is 0 Å². The molecule has 0 aromatic heterocycles. The molecule has 1 N–H and O–H groups in total. The summed E-state index contributed by atoms with van der Waals surface area (Å²) in [6.45, 7) is 0.333. The van der Waals surface area contributed by atoms with Gasteiger partial charge in [0.15, 0.2) is 0 Å². The van der Waals surface area contributed by atoms with Crippen LogP contribution in [-0.2, 0) is 18.8 Å². The van der Waals surface area contributed by atoms with Gasteiger partial charge < -0.3 is 28.9 Å². The van der Waals surface area contributed by atoms with Gasteiger partial charge in [-0.05, 0) is 7.60 Å². The molecule has 0 heterocycles. The van der Waals surface area contributed by atoms with E-state index in [9.17, 15) is 19.1 Å². The van der Waals surface area contributed by atoms with E-state index < -0.39 is 32.6 Å². The van der Waals surface area contributed by atoms with Gasteiger partial charge in [0, 0.05) is 6.92 Å². The molecule has 0 radical (unpaired) electrons. The molecule has 0 spiro atoms. The maximum Gasteiger partial charge on any atom is 0.302 e. The highest BCUT2D eigenvalue weighted by atomic mass is 31.2. The SMILES string of the molecule is CC(=O)OCC(CO)OCP(=O)([O-])[O-]. The molecule has 0 aromatic carbocycles. The Kier molecular flexibility index (Phi) is 5.90. The summed E-state index contributed by atoms with van der Waals surface area (Å²) in [5.41, 5.74) is 0. The van der Waals surface area contributed by atoms with Crippen LogP contribution >= 0.6 is 7.60 Å². The molecule has 1 atom stereocenters. The summed E-state index contributed by atoms with van der Waals surface area (Å²) in [6.07, 6.45) is -2.02. The van der Waals surface area contributed by atoms with E-state index in [1.54, 1.807) is 0 Å². The van der Waals surface area contributed by atoms with Crippen LogP contribution in [0.15, 0.2) is 0 Å². The number of ether oxygens (including phenoxy) is 2. The molecule has 0 saturated heterocycles. The zero-order chi connectivity index (χ0) is 11.2. The number of carbonyl (C=O) groups excluding carboxylic acids is 1. The van der Waals surface area contributed by atoms with Gasteiger partial charge in [-0.15, -0.1) is 0 Å². The van der Waals surface area contributed by atoms with E-state index in [1.165, 1.54) is 0 Å². The predicted octanol–water partition coefficient (Wildman–Crippen LogP) is -2.20. The lowest BCUT2D eigenvalue weighted by molar-refractivity contribution is -0.319. The van der Waals surface area contributed by atoms with Crippen molar-refractivity contribution in [2.75, 3.05) is 19.6 Å². The summed E-state index contributed by atoms with van der Waals surface area (Å²) < 4.78 is 19.1. The maximum atomic E-state index is 10.3. The molecule has 84 valence electrons. The molecule has 0 fully saturated rings. The van der Waals surface area contributed by atoms with Crippen LogP contribution in [0.3, 0.4) is 0 Å². The molecular weight excluding hydrogens is 215 g/mol. The van der Waals surface area contributed by atoms with Crippen LogP contribution < -0.4 is 9.79 Å². The second-order valence-corrected chi connectivity index (χ2v) is 3.99. The summed E-state index contributed by atoms with van der Waals surface area (Å²) in [7, 11) is -4.75. The fourth-order valence-electron chi connectivity index (χ4n) is 0.561. The molecule has 0 bridgehead atoms. The first-order valence-corrected chi connectivity index (χ1v) is 5.45. The van der Waals surface area contributed by atoms with Crippen LogP contribution in [0.1, 0.15) is 6.92 Å². The third-order valence-electron chi connectivity index (χ3n) is 1.14. The van der Waals surface area contributed by atoms with E-state index in [1.807, 2.05) is 0 Å². The average Bonchev–Trinajstić information content (AvgIpc) is 2.02. The van der Waals surface area contributed by atoms with Crippen molar-refractivity contribution in [1.29, 1.82) is 0 Å². The van der Waals surface area contributed by atoms with Crippen molar-refractivity contribution < 1.29 is 33.7 Å². The van der Waals surface area contributed by atoms with Gasteiger partial charge in [-0.25, -0.2) is 0 Å². The molecule has 7 nitrogen and oxygen atoms in total. The van der Waals surface area contributed by atoms with Crippen LogP contribution in [0.4, 0.5) is 0 Å². The highest BCUT2D eigenvalue weighted by Gasteiger charge is 2.10. The first-order valence-electron chi connectivity index (χ1n) is 3.72. The van der Waals surface area contributed by atoms with E-state index in [2.05, 4.69) is 9.47 Å². The Morgan fingerprint density at radius 3 is 2.50 bits per heavy atom. The van der Waals surface area contributed by atoms with E-state index >= 15 is 0 Å².